The van der Waals surface area contributed by atoms with Crippen molar-refractivity contribution < 1.29 is 19.1 Å². The van der Waals surface area contributed by atoms with E-state index in [4.69, 9.17) is 21.1 Å². The molecule has 0 radical (unpaired) electrons. The second-order valence-corrected chi connectivity index (χ2v) is 9.67. The van der Waals surface area contributed by atoms with Crippen molar-refractivity contribution in [1.82, 2.24) is 19.8 Å². The molecule has 1 fully saturated rings. The molecule has 1 N–H and O–H groups in total. The molecule has 1 aliphatic rings. The third-order valence-corrected chi connectivity index (χ3v) is 7.15. The smallest absolute Gasteiger partial charge is 0.246 e. The number of carbonyl (C=O) groups is 2. The van der Waals surface area contributed by atoms with Gasteiger partial charge in [0.2, 0.25) is 17.8 Å². The monoisotopic (exact) mass is 537 g/mol. The van der Waals surface area contributed by atoms with Gasteiger partial charge in [0.15, 0.2) is 0 Å². The molecule has 2 aromatic carbocycles. The van der Waals surface area contributed by atoms with Gasteiger partial charge in [0.05, 0.1) is 24.8 Å². The average molecular weight is 538 g/mol. The van der Waals surface area contributed by atoms with Gasteiger partial charge in [0.25, 0.3) is 0 Å². The number of anilines is 1. The Morgan fingerprint density at radius 1 is 1.24 bits per heavy atom. The molecule has 0 spiro atoms. The molecule has 2 unspecified atom stereocenters. The number of hydrogen-bond acceptors (Lipinski definition) is 7. The van der Waals surface area contributed by atoms with Crippen LogP contribution in [0.25, 0.3) is 22.0 Å². The number of fused-ring (bicyclic) bond motifs is 1. The van der Waals surface area contributed by atoms with E-state index in [1.54, 1.807) is 40.6 Å². The van der Waals surface area contributed by atoms with Gasteiger partial charge in [-0.15, -0.1) is 0 Å². The maximum absolute atomic E-state index is 12.7. The van der Waals surface area contributed by atoms with Gasteiger partial charge in [0, 0.05) is 55.5 Å². The Hall–Kier alpha value is -3.85. The number of ether oxygens (including phenoxy) is 2. The number of amides is 2. The van der Waals surface area contributed by atoms with Crippen molar-refractivity contribution in [1.29, 1.82) is 0 Å². The van der Waals surface area contributed by atoms with Gasteiger partial charge in [-0.1, -0.05) is 31.2 Å². The molecule has 38 heavy (non-hydrogen) atoms. The lowest BCUT2D eigenvalue weighted by molar-refractivity contribution is -0.139. The highest BCUT2D eigenvalue weighted by molar-refractivity contribution is 6.35. The van der Waals surface area contributed by atoms with Gasteiger partial charge in [-0.25, -0.2) is 9.97 Å². The van der Waals surface area contributed by atoms with E-state index in [0.29, 0.717) is 35.4 Å². The lowest BCUT2D eigenvalue weighted by atomic mass is 9.95. The van der Waals surface area contributed by atoms with Crippen molar-refractivity contribution >= 4 is 40.3 Å². The van der Waals surface area contributed by atoms with Crippen molar-refractivity contribution in [3.05, 3.63) is 53.7 Å². The minimum atomic E-state index is -0.562. The van der Waals surface area contributed by atoms with Crippen LogP contribution in [-0.2, 0) is 16.0 Å². The quantitative estimate of drug-likeness (QED) is 0.430. The molecular formula is C28H32ClN5O4. The summed E-state index contributed by atoms with van der Waals surface area (Å²) in [5.41, 5.74) is 3.48. The number of carbonyl (C=O) groups excluding carboxylic acids is 2. The van der Waals surface area contributed by atoms with Crippen LogP contribution < -0.4 is 14.8 Å². The second kappa shape index (κ2) is 11.3. The van der Waals surface area contributed by atoms with Crippen LogP contribution in [0.2, 0.25) is 5.02 Å². The van der Waals surface area contributed by atoms with E-state index in [1.165, 1.54) is 15.9 Å². The molecule has 0 bridgehead atoms. The summed E-state index contributed by atoms with van der Waals surface area (Å²) in [5, 5.41) is 4.65. The first kappa shape index (κ1) is 27.2. The first-order chi connectivity index (χ1) is 18.2. The Morgan fingerprint density at radius 3 is 2.61 bits per heavy atom. The van der Waals surface area contributed by atoms with E-state index in [1.807, 2.05) is 18.2 Å². The highest BCUT2D eigenvalue weighted by Crippen LogP contribution is 2.44. The summed E-state index contributed by atoms with van der Waals surface area (Å²) in [6.45, 7) is 5.97. The Bertz CT molecular complexity index is 1390. The Morgan fingerprint density at radius 2 is 1.97 bits per heavy atom. The number of benzene rings is 2. The fourth-order valence-corrected chi connectivity index (χ4v) is 5.26. The number of likely N-dealkylation sites (N-methyl/N-ethyl adjacent to an activating group) is 1. The molecule has 2 heterocycles. The summed E-state index contributed by atoms with van der Waals surface area (Å²) in [7, 11) is 6.56. The highest BCUT2D eigenvalue weighted by atomic mass is 35.5. The molecule has 0 saturated carbocycles. The maximum atomic E-state index is 12.7. The summed E-state index contributed by atoms with van der Waals surface area (Å²) in [6.07, 6.45) is 4.16. The molecule has 1 saturated heterocycles. The Balaban J connectivity index is 1.63. The molecule has 1 aliphatic heterocycles. The van der Waals surface area contributed by atoms with Crippen molar-refractivity contribution in [3.8, 4) is 22.6 Å². The van der Waals surface area contributed by atoms with Crippen LogP contribution >= 0.6 is 11.6 Å². The largest absolute Gasteiger partial charge is 0.496 e. The number of methoxy groups -OCH3 is 2. The van der Waals surface area contributed by atoms with Crippen molar-refractivity contribution in [2.75, 3.05) is 40.2 Å². The summed E-state index contributed by atoms with van der Waals surface area (Å²) in [4.78, 5) is 37.3. The zero-order valence-corrected chi connectivity index (χ0v) is 23.0. The number of rotatable bonds is 8. The van der Waals surface area contributed by atoms with E-state index in [0.717, 1.165) is 34.0 Å². The highest BCUT2D eigenvalue weighted by Gasteiger charge is 2.39. The normalized spacial score (nSPS) is 16.8. The lowest BCUT2D eigenvalue weighted by Gasteiger charge is -2.24. The van der Waals surface area contributed by atoms with Crippen molar-refractivity contribution in [2.24, 2.45) is 0 Å². The predicted octanol–water partition coefficient (Wildman–Crippen LogP) is 4.19. The standard InChI is InChI=1S/C28H32ClN5O4/c1-7-19-22(37-5)13-23(38-6)26(29)25(19)16-9-10-20-17(11-16)14-30-28(32-20)31-18-12-21(27(36)33(3)4)34(15-18)24(35)8-2/h8-11,13-14,18,21H,2,7,12,15H2,1,3-6H3,(H,30,31,32). The van der Waals surface area contributed by atoms with E-state index >= 15 is 0 Å². The molecule has 1 aromatic heterocycles. The average Bonchev–Trinajstić information content (AvgIpc) is 3.34. The second-order valence-electron chi connectivity index (χ2n) is 9.29. The Kier molecular flexibility index (Phi) is 8.06. The van der Waals surface area contributed by atoms with Crippen molar-refractivity contribution in [3.63, 3.8) is 0 Å². The topological polar surface area (TPSA) is 96.9 Å². The van der Waals surface area contributed by atoms with Gasteiger partial charge in [-0.05, 0) is 36.6 Å². The van der Waals surface area contributed by atoms with Gasteiger partial charge in [-0.2, -0.15) is 0 Å². The molecule has 3 aromatic rings. The number of hydrogen-bond donors (Lipinski definition) is 1. The number of nitrogens with zero attached hydrogens (tertiary/aromatic N) is 4. The zero-order valence-electron chi connectivity index (χ0n) is 22.2. The van der Waals surface area contributed by atoms with E-state index in [9.17, 15) is 9.59 Å². The summed E-state index contributed by atoms with van der Waals surface area (Å²) >= 11 is 6.74. The Labute approximate surface area is 227 Å². The van der Waals surface area contributed by atoms with Crippen LogP contribution in [0, 0.1) is 0 Å². The van der Waals surface area contributed by atoms with Gasteiger partial charge in [0.1, 0.15) is 17.5 Å². The minimum absolute atomic E-state index is 0.129. The van der Waals surface area contributed by atoms with Crippen LogP contribution in [0.1, 0.15) is 18.9 Å². The van der Waals surface area contributed by atoms with Crippen LogP contribution in [0.5, 0.6) is 11.5 Å². The van der Waals surface area contributed by atoms with E-state index in [-0.39, 0.29) is 17.9 Å². The van der Waals surface area contributed by atoms with E-state index in [2.05, 4.69) is 28.8 Å². The lowest BCUT2D eigenvalue weighted by Crippen LogP contribution is -2.44. The van der Waals surface area contributed by atoms with Crippen LogP contribution in [0.4, 0.5) is 5.95 Å². The van der Waals surface area contributed by atoms with Crippen LogP contribution in [0.3, 0.4) is 0 Å². The molecule has 0 aliphatic carbocycles. The third-order valence-electron chi connectivity index (χ3n) is 6.78. The molecule has 200 valence electrons. The predicted molar refractivity (Wildman–Crippen MR) is 149 cm³/mol. The fraction of sp³-hybridized carbons (Fsp3) is 0.357. The molecule has 2 atom stereocenters. The molecule has 2 amide bonds. The van der Waals surface area contributed by atoms with E-state index < -0.39 is 6.04 Å². The number of likely N-dealkylation sites (tertiary alicyclic amines) is 1. The zero-order chi connectivity index (χ0) is 27.6. The van der Waals surface area contributed by atoms with Gasteiger partial charge in [-0.3, -0.25) is 9.59 Å². The minimum Gasteiger partial charge on any atom is -0.496 e. The number of aromatic nitrogens is 2. The fourth-order valence-electron chi connectivity index (χ4n) is 4.91. The van der Waals surface area contributed by atoms with Crippen LogP contribution in [-0.4, -0.2) is 78.5 Å². The van der Waals surface area contributed by atoms with Crippen LogP contribution in [0.15, 0.2) is 43.1 Å². The molecule has 10 heteroatoms. The summed E-state index contributed by atoms with van der Waals surface area (Å²) < 4.78 is 11.1. The van der Waals surface area contributed by atoms with Gasteiger partial charge >= 0.3 is 0 Å². The molecule has 9 nitrogen and oxygen atoms in total. The van der Waals surface area contributed by atoms with Crippen molar-refractivity contribution in [2.45, 2.75) is 31.8 Å². The molecular weight excluding hydrogens is 506 g/mol. The SMILES string of the molecule is C=CC(=O)N1CC(Nc2ncc3cc(-c4c(Cl)c(OC)cc(OC)c4CC)ccc3n2)CC1C(=O)N(C)C. The third kappa shape index (κ3) is 5.11. The maximum Gasteiger partial charge on any atom is 0.246 e. The number of halogens is 1. The first-order valence-corrected chi connectivity index (χ1v) is 12.7. The molecule has 4 rings (SSSR count). The van der Waals surface area contributed by atoms with Gasteiger partial charge < -0.3 is 24.6 Å². The summed E-state index contributed by atoms with van der Waals surface area (Å²) in [5.74, 6) is 1.27. The summed E-state index contributed by atoms with van der Waals surface area (Å²) in [6, 6.07) is 6.93. The first-order valence-electron chi connectivity index (χ1n) is 12.3. The number of nitrogens with one attached hydrogen (secondary N) is 1.